The number of carbonyl (C=O) groups is 1. The highest BCUT2D eigenvalue weighted by atomic mass is 32.1. The van der Waals surface area contributed by atoms with Crippen LogP contribution >= 0.6 is 11.5 Å². The maximum atomic E-state index is 13.5. The van der Waals surface area contributed by atoms with Gasteiger partial charge in [-0.25, -0.2) is 4.68 Å². The van der Waals surface area contributed by atoms with Crippen molar-refractivity contribution in [3.05, 3.63) is 51.8 Å². The number of fused-ring (bicyclic) bond motifs is 1. The van der Waals surface area contributed by atoms with Gasteiger partial charge in [-0.1, -0.05) is 4.49 Å². The molecule has 0 radical (unpaired) electrons. The van der Waals surface area contributed by atoms with Gasteiger partial charge in [0.25, 0.3) is 5.91 Å². The Kier molecular flexibility index (Phi) is 4.22. The fraction of sp³-hybridized carbons (Fsp3) is 0.294. The fourth-order valence-corrected chi connectivity index (χ4v) is 3.74. The summed E-state index contributed by atoms with van der Waals surface area (Å²) in [5.74, 6) is -0.357. The monoisotopic (exact) mass is 393 g/mol. The smallest absolute Gasteiger partial charge is 0.321 e. The Balaban J connectivity index is 1.62. The molecule has 0 atom stereocenters. The van der Waals surface area contributed by atoms with Crippen molar-refractivity contribution in [2.45, 2.75) is 32.4 Å². The van der Waals surface area contributed by atoms with E-state index in [1.54, 1.807) is 19.1 Å². The van der Waals surface area contributed by atoms with Crippen molar-refractivity contribution in [1.29, 1.82) is 0 Å². The molecule has 2 aromatic heterocycles. The number of hydrogen-bond donors (Lipinski definition) is 1. The first-order valence-corrected chi connectivity index (χ1v) is 9.00. The van der Waals surface area contributed by atoms with Crippen molar-refractivity contribution < 1.29 is 18.0 Å². The van der Waals surface area contributed by atoms with Crippen LogP contribution in [0.15, 0.2) is 24.3 Å². The van der Waals surface area contributed by atoms with Crippen LogP contribution in [0.25, 0.3) is 5.69 Å². The number of rotatable bonds is 3. The van der Waals surface area contributed by atoms with E-state index in [4.69, 9.17) is 0 Å². The van der Waals surface area contributed by atoms with Crippen LogP contribution in [0.5, 0.6) is 0 Å². The zero-order chi connectivity index (χ0) is 19.2. The average Bonchev–Trinajstić information content (AvgIpc) is 3.29. The maximum absolute atomic E-state index is 13.5. The number of amides is 1. The number of nitrogens with zero attached hydrogens (tertiary/aromatic N) is 4. The van der Waals surface area contributed by atoms with Gasteiger partial charge in [0.15, 0.2) is 5.69 Å². The quantitative estimate of drug-likeness (QED) is 0.735. The molecule has 0 spiro atoms. The predicted molar refractivity (Wildman–Crippen MR) is 93.2 cm³/mol. The SMILES string of the molecule is Cc1nnsc1C(=O)Nc1ccc(-n2nc3c(c2C(F)(F)F)CCC3)cc1. The lowest BCUT2D eigenvalue weighted by Crippen LogP contribution is -2.16. The van der Waals surface area contributed by atoms with E-state index in [1.807, 2.05) is 0 Å². The van der Waals surface area contributed by atoms with Crippen molar-refractivity contribution in [2.75, 3.05) is 5.32 Å². The Hall–Kier alpha value is -2.75. The van der Waals surface area contributed by atoms with Crippen LogP contribution in [-0.2, 0) is 19.0 Å². The van der Waals surface area contributed by atoms with Gasteiger partial charge in [-0.3, -0.25) is 4.79 Å². The second-order valence-corrected chi connectivity index (χ2v) is 6.98. The Morgan fingerprint density at radius 3 is 2.59 bits per heavy atom. The molecule has 6 nitrogen and oxygen atoms in total. The van der Waals surface area contributed by atoms with Gasteiger partial charge in [-0.05, 0) is 62.0 Å². The highest BCUT2D eigenvalue weighted by Gasteiger charge is 2.41. The molecule has 1 aromatic carbocycles. The number of nitrogens with one attached hydrogen (secondary N) is 1. The molecule has 1 amide bonds. The number of aromatic nitrogens is 4. The average molecular weight is 393 g/mol. The van der Waals surface area contributed by atoms with Crippen LogP contribution in [-0.4, -0.2) is 25.3 Å². The first-order chi connectivity index (χ1) is 12.8. The maximum Gasteiger partial charge on any atom is 0.433 e. The van der Waals surface area contributed by atoms with E-state index < -0.39 is 11.9 Å². The zero-order valence-corrected chi connectivity index (χ0v) is 15.0. The summed E-state index contributed by atoms with van der Waals surface area (Å²) in [5.41, 5.74) is 1.37. The van der Waals surface area contributed by atoms with Crippen molar-refractivity contribution in [2.24, 2.45) is 0 Å². The highest BCUT2D eigenvalue weighted by molar-refractivity contribution is 7.08. The number of halogens is 3. The molecule has 2 heterocycles. The number of benzene rings is 1. The second kappa shape index (κ2) is 6.45. The zero-order valence-electron chi connectivity index (χ0n) is 14.2. The third-order valence-electron chi connectivity index (χ3n) is 4.40. The number of aryl methyl sites for hydroxylation is 2. The normalized spacial score (nSPS) is 13.6. The fourth-order valence-electron chi connectivity index (χ4n) is 3.18. The molecule has 0 fully saturated rings. The minimum Gasteiger partial charge on any atom is -0.321 e. The molecule has 1 aliphatic carbocycles. The lowest BCUT2D eigenvalue weighted by atomic mass is 10.2. The van der Waals surface area contributed by atoms with Crippen molar-refractivity contribution in [3.63, 3.8) is 0 Å². The summed E-state index contributed by atoms with van der Waals surface area (Å²) < 4.78 is 45.3. The van der Waals surface area contributed by atoms with E-state index >= 15 is 0 Å². The molecule has 0 aliphatic heterocycles. The summed E-state index contributed by atoms with van der Waals surface area (Å²) in [4.78, 5) is 12.6. The molecule has 0 unspecified atom stereocenters. The number of alkyl halides is 3. The molecule has 4 rings (SSSR count). The van der Waals surface area contributed by atoms with E-state index in [-0.39, 0.29) is 11.5 Å². The first kappa shape index (κ1) is 17.7. The minimum atomic E-state index is -4.48. The Morgan fingerprint density at radius 1 is 1.22 bits per heavy atom. The van der Waals surface area contributed by atoms with Gasteiger partial charge in [-0.15, -0.1) is 5.10 Å². The van der Waals surface area contributed by atoms with Crippen LogP contribution in [0.4, 0.5) is 18.9 Å². The molecule has 0 saturated carbocycles. The van der Waals surface area contributed by atoms with Crippen molar-refractivity contribution in [1.82, 2.24) is 19.4 Å². The van der Waals surface area contributed by atoms with E-state index in [0.29, 0.717) is 46.9 Å². The molecule has 140 valence electrons. The standard InChI is InChI=1S/C17H14F3N5OS/c1-9-14(27-24-22-9)16(26)21-10-5-7-11(8-6-10)25-15(17(18,19)20)12-3-2-4-13(12)23-25/h5-8H,2-4H2,1H3,(H,21,26). The van der Waals surface area contributed by atoms with Gasteiger partial charge in [0, 0.05) is 11.3 Å². The Bertz CT molecular complexity index is 1010. The third kappa shape index (κ3) is 3.20. The van der Waals surface area contributed by atoms with Gasteiger partial charge in [0.1, 0.15) is 4.88 Å². The van der Waals surface area contributed by atoms with Crippen LogP contribution < -0.4 is 5.32 Å². The topological polar surface area (TPSA) is 72.7 Å². The Labute approximate surface area is 156 Å². The third-order valence-corrected chi connectivity index (χ3v) is 5.23. The second-order valence-electron chi connectivity index (χ2n) is 6.23. The summed E-state index contributed by atoms with van der Waals surface area (Å²) in [7, 11) is 0. The predicted octanol–water partition coefficient (Wildman–Crippen LogP) is 3.79. The van der Waals surface area contributed by atoms with Gasteiger partial charge in [0.2, 0.25) is 0 Å². The first-order valence-electron chi connectivity index (χ1n) is 8.23. The molecule has 10 heteroatoms. The van der Waals surface area contributed by atoms with Crippen LogP contribution in [0, 0.1) is 6.92 Å². The highest BCUT2D eigenvalue weighted by Crippen LogP contribution is 2.38. The van der Waals surface area contributed by atoms with Crippen LogP contribution in [0.2, 0.25) is 0 Å². The number of anilines is 1. The molecule has 1 N–H and O–H groups in total. The summed E-state index contributed by atoms with van der Waals surface area (Å²) in [6.45, 7) is 1.68. The molecule has 27 heavy (non-hydrogen) atoms. The molecule has 0 bridgehead atoms. The molecular formula is C17H14F3N5OS. The van der Waals surface area contributed by atoms with Gasteiger partial charge in [0.05, 0.1) is 17.1 Å². The molecule has 1 aliphatic rings. The van der Waals surface area contributed by atoms with E-state index in [9.17, 15) is 18.0 Å². The van der Waals surface area contributed by atoms with Crippen molar-refractivity contribution in [3.8, 4) is 5.69 Å². The summed E-state index contributed by atoms with van der Waals surface area (Å²) >= 11 is 0.983. The molecule has 0 saturated heterocycles. The lowest BCUT2D eigenvalue weighted by molar-refractivity contribution is -0.143. The van der Waals surface area contributed by atoms with Crippen LogP contribution in [0.1, 0.15) is 38.7 Å². The van der Waals surface area contributed by atoms with E-state index in [1.165, 1.54) is 12.1 Å². The molecule has 3 aromatic rings. The van der Waals surface area contributed by atoms with Gasteiger partial charge in [-0.2, -0.15) is 18.3 Å². The summed E-state index contributed by atoms with van der Waals surface area (Å²) in [6.07, 6.45) is -2.84. The van der Waals surface area contributed by atoms with Gasteiger partial charge >= 0.3 is 6.18 Å². The Morgan fingerprint density at radius 2 is 1.96 bits per heavy atom. The van der Waals surface area contributed by atoms with E-state index in [2.05, 4.69) is 20.0 Å². The number of hydrogen-bond acceptors (Lipinski definition) is 5. The van der Waals surface area contributed by atoms with Crippen LogP contribution in [0.3, 0.4) is 0 Å². The molecular weight excluding hydrogens is 379 g/mol. The lowest BCUT2D eigenvalue weighted by Gasteiger charge is -2.13. The van der Waals surface area contributed by atoms with Gasteiger partial charge < -0.3 is 5.32 Å². The summed E-state index contributed by atoms with van der Waals surface area (Å²) in [5, 5.41) is 10.6. The van der Waals surface area contributed by atoms with Crippen molar-refractivity contribution >= 4 is 23.1 Å². The minimum absolute atomic E-state index is 0.285. The number of carbonyl (C=O) groups excluding carboxylic acids is 1. The van der Waals surface area contributed by atoms with E-state index in [0.717, 1.165) is 16.2 Å². The largest absolute Gasteiger partial charge is 0.433 e. The summed E-state index contributed by atoms with van der Waals surface area (Å²) in [6, 6.07) is 6.10.